The lowest BCUT2D eigenvalue weighted by molar-refractivity contribution is -0.135. The van der Waals surface area contributed by atoms with Gasteiger partial charge in [0.2, 0.25) is 11.7 Å². The number of benzene rings is 2. The molecule has 1 spiro atoms. The maximum absolute atomic E-state index is 13.3. The first-order chi connectivity index (χ1) is 14.6. The number of hydrogen-bond acceptors (Lipinski definition) is 6. The normalized spacial score (nSPS) is 24.4. The highest BCUT2D eigenvalue weighted by Crippen LogP contribution is 2.53. The average Bonchev–Trinajstić information content (AvgIpc) is 3.30. The lowest BCUT2D eigenvalue weighted by atomic mass is 9.92. The predicted molar refractivity (Wildman–Crippen MR) is 116 cm³/mol. The van der Waals surface area contributed by atoms with Gasteiger partial charge in [-0.3, -0.25) is 9.69 Å². The van der Waals surface area contributed by atoms with Crippen molar-refractivity contribution in [2.24, 2.45) is 11.0 Å². The van der Waals surface area contributed by atoms with Crippen LogP contribution in [0.25, 0.3) is 0 Å². The Morgan fingerprint density at radius 3 is 2.80 bits per heavy atom. The van der Waals surface area contributed by atoms with E-state index in [9.17, 15) is 9.59 Å². The van der Waals surface area contributed by atoms with Crippen molar-refractivity contribution in [3.05, 3.63) is 53.6 Å². The van der Waals surface area contributed by atoms with E-state index >= 15 is 0 Å². The van der Waals surface area contributed by atoms with Crippen molar-refractivity contribution in [2.75, 3.05) is 21.8 Å². The number of amidine groups is 1. The topological polar surface area (TPSA) is 74.2 Å². The molecule has 0 bridgehead atoms. The Morgan fingerprint density at radius 2 is 2.03 bits per heavy atom. The van der Waals surface area contributed by atoms with Crippen LogP contribution in [0.1, 0.15) is 26.2 Å². The molecule has 7 nitrogen and oxygen atoms in total. The smallest absolute Gasteiger partial charge is 0.376 e. The Bertz CT molecular complexity index is 1050. The van der Waals surface area contributed by atoms with Crippen LogP contribution in [0.15, 0.2) is 53.6 Å². The van der Waals surface area contributed by atoms with E-state index in [2.05, 4.69) is 5.32 Å². The molecule has 5 rings (SSSR count). The fourth-order valence-electron chi connectivity index (χ4n) is 4.85. The SMILES string of the molecule is CCOC(=O)C1=NN(c2ccc(Cl)cc2)[C@]23CCC[C@H]2C(=O)Nc2ccccc2N13. The molecule has 8 heteroatoms. The molecule has 0 unspecified atom stereocenters. The molecule has 0 saturated heterocycles. The minimum Gasteiger partial charge on any atom is -0.460 e. The third-order valence-corrected chi connectivity index (χ3v) is 6.26. The van der Waals surface area contributed by atoms with Crippen molar-refractivity contribution in [1.82, 2.24) is 0 Å². The Balaban J connectivity index is 1.76. The fourth-order valence-corrected chi connectivity index (χ4v) is 4.97. The number of para-hydroxylation sites is 2. The number of hydrogen-bond donors (Lipinski definition) is 1. The molecule has 30 heavy (non-hydrogen) atoms. The predicted octanol–water partition coefficient (Wildman–Crippen LogP) is 3.99. The molecule has 1 fully saturated rings. The first-order valence-electron chi connectivity index (χ1n) is 10.1. The summed E-state index contributed by atoms with van der Waals surface area (Å²) in [5.41, 5.74) is 1.33. The minimum atomic E-state index is -0.827. The van der Waals surface area contributed by atoms with Gasteiger partial charge in [-0.15, -0.1) is 5.10 Å². The van der Waals surface area contributed by atoms with Gasteiger partial charge in [-0.1, -0.05) is 23.7 Å². The zero-order valence-electron chi connectivity index (χ0n) is 16.5. The van der Waals surface area contributed by atoms with Crippen LogP contribution in [-0.2, 0) is 14.3 Å². The van der Waals surface area contributed by atoms with Gasteiger partial charge in [0.1, 0.15) is 0 Å². The van der Waals surface area contributed by atoms with E-state index in [-0.39, 0.29) is 24.3 Å². The molecule has 2 aliphatic heterocycles. The zero-order chi connectivity index (χ0) is 20.9. The summed E-state index contributed by atoms with van der Waals surface area (Å²) in [6.45, 7) is 2.00. The van der Waals surface area contributed by atoms with Gasteiger partial charge in [-0.05, 0) is 62.6 Å². The summed E-state index contributed by atoms with van der Waals surface area (Å²) in [5, 5.41) is 10.2. The number of nitrogens with one attached hydrogen (secondary N) is 1. The molecular formula is C22H21ClN4O3. The van der Waals surface area contributed by atoms with Crippen LogP contribution in [0.5, 0.6) is 0 Å². The van der Waals surface area contributed by atoms with E-state index in [1.807, 2.05) is 46.3 Å². The summed E-state index contributed by atoms with van der Waals surface area (Å²) in [5.74, 6) is -0.774. The summed E-state index contributed by atoms with van der Waals surface area (Å²) in [7, 11) is 0. The summed E-state index contributed by atoms with van der Waals surface area (Å²) in [6, 6.07) is 14.8. The molecule has 1 amide bonds. The molecule has 1 aliphatic carbocycles. The Labute approximate surface area is 179 Å². The van der Waals surface area contributed by atoms with Gasteiger partial charge in [-0.2, -0.15) is 0 Å². The third kappa shape index (κ3) is 2.61. The number of fused-ring (bicyclic) bond motifs is 2. The number of hydrazone groups is 1. The molecule has 1 saturated carbocycles. The number of amides is 1. The van der Waals surface area contributed by atoms with E-state index in [1.54, 1.807) is 19.1 Å². The maximum atomic E-state index is 13.3. The van der Waals surface area contributed by atoms with E-state index in [0.29, 0.717) is 23.6 Å². The van der Waals surface area contributed by atoms with Gasteiger partial charge in [0, 0.05) is 5.02 Å². The van der Waals surface area contributed by atoms with Crippen LogP contribution in [0.3, 0.4) is 0 Å². The molecule has 2 atom stereocenters. The van der Waals surface area contributed by atoms with Gasteiger partial charge in [0.15, 0.2) is 5.66 Å². The monoisotopic (exact) mass is 424 g/mol. The lowest BCUT2D eigenvalue weighted by Crippen LogP contribution is -2.61. The Kier molecular flexibility index (Phi) is 4.43. The molecule has 3 aliphatic rings. The Morgan fingerprint density at radius 1 is 1.27 bits per heavy atom. The first-order valence-corrected chi connectivity index (χ1v) is 10.5. The van der Waals surface area contributed by atoms with Crippen molar-refractivity contribution in [3.8, 4) is 0 Å². The minimum absolute atomic E-state index is 0.0678. The van der Waals surface area contributed by atoms with Crippen molar-refractivity contribution in [3.63, 3.8) is 0 Å². The molecule has 2 aromatic rings. The van der Waals surface area contributed by atoms with E-state index < -0.39 is 11.6 Å². The largest absolute Gasteiger partial charge is 0.460 e. The van der Waals surface area contributed by atoms with Crippen LogP contribution in [0.4, 0.5) is 17.1 Å². The van der Waals surface area contributed by atoms with Crippen molar-refractivity contribution in [1.29, 1.82) is 0 Å². The first kappa shape index (κ1) is 18.9. The van der Waals surface area contributed by atoms with Gasteiger partial charge in [0.05, 0.1) is 29.6 Å². The average molecular weight is 425 g/mol. The molecule has 0 radical (unpaired) electrons. The fraction of sp³-hybridized carbons (Fsp3) is 0.318. The molecule has 2 aromatic carbocycles. The zero-order valence-corrected chi connectivity index (χ0v) is 17.2. The molecule has 0 aromatic heterocycles. The van der Waals surface area contributed by atoms with Crippen molar-refractivity contribution < 1.29 is 14.3 Å². The van der Waals surface area contributed by atoms with Crippen LogP contribution in [0, 0.1) is 5.92 Å². The van der Waals surface area contributed by atoms with Crippen LogP contribution in [0.2, 0.25) is 5.02 Å². The van der Waals surface area contributed by atoms with E-state index in [0.717, 1.165) is 17.8 Å². The maximum Gasteiger partial charge on any atom is 0.376 e. The van der Waals surface area contributed by atoms with E-state index in [4.69, 9.17) is 21.4 Å². The number of nitrogens with zero attached hydrogens (tertiary/aromatic N) is 3. The number of rotatable bonds is 3. The quantitative estimate of drug-likeness (QED) is 0.754. The second-order valence-electron chi connectivity index (χ2n) is 7.60. The number of carbonyl (C=O) groups is 2. The lowest BCUT2D eigenvalue weighted by Gasteiger charge is -2.43. The number of esters is 1. The molecule has 2 heterocycles. The second kappa shape index (κ2) is 7.02. The summed E-state index contributed by atoms with van der Waals surface area (Å²) < 4.78 is 5.34. The van der Waals surface area contributed by atoms with Crippen molar-refractivity contribution >= 4 is 46.4 Å². The Hall–Kier alpha value is -3.06. The summed E-state index contributed by atoms with van der Waals surface area (Å²) in [6.07, 6.45) is 2.22. The number of anilines is 3. The van der Waals surface area contributed by atoms with Crippen LogP contribution >= 0.6 is 11.6 Å². The number of halogens is 1. The van der Waals surface area contributed by atoms with Gasteiger partial charge >= 0.3 is 5.97 Å². The van der Waals surface area contributed by atoms with Crippen LogP contribution < -0.4 is 15.2 Å². The highest BCUT2D eigenvalue weighted by molar-refractivity contribution is 6.43. The van der Waals surface area contributed by atoms with Crippen molar-refractivity contribution in [2.45, 2.75) is 31.8 Å². The third-order valence-electron chi connectivity index (χ3n) is 6.00. The summed E-state index contributed by atoms with van der Waals surface area (Å²) >= 11 is 6.10. The summed E-state index contributed by atoms with van der Waals surface area (Å²) in [4.78, 5) is 28.2. The number of ether oxygens (including phenoxy) is 1. The molecule has 154 valence electrons. The highest BCUT2D eigenvalue weighted by Gasteiger charge is 2.62. The van der Waals surface area contributed by atoms with E-state index in [1.165, 1.54) is 0 Å². The molecule has 1 N–H and O–H groups in total. The van der Waals surface area contributed by atoms with Gasteiger partial charge in [0.25, 0.3) is 0 Å². The second-order valence-corrected chi connectivity index (χ2v) is 8.03. The highest BCUT2D eigenvalue weighted by atomic mass is 35.5. The van der Waals surface area contributed by atoms with Gasteiger partial charge in [-0.25, -0.2) is 9.80 Å². The number of carbonyl (C=O) groups excluding carboxylic acids is 2. The molecular weight excluding hydrogens is 404 g/mol. The van der Waals surface area contributed by atoms with Gasteiger partial charge < -0.3 is 10.1 Å². The van der Waals surface area contributed by atoms with Crippen LogP contribution in [-0.4, -0.2) is 30.0 Å². The standard InChI is InChI=1S/C22H21ClN4O3/c1-2-30-21(29)19-25-27(15-11-9-14(23)10-12-15)22-13-5-6-16(22)20(28)24-17-7-3-4-8-18(17)26(19)22/h3-4,7-12,16H,2,5-6,13H2,1H3,(H,24,28)/t16-,22+/m0/s1.